The molecule has 0 spiro atoms. The van der Waals surface area contributed by atoms with Gasteiger partial charge in [0, 0.05) is 11.8 Å². The molecule has 0 saturated heterocycles. The second kappa shape index (κ2) is 9.67. The van der Waals surface area contributed by atoms with Crippen LogP contribution in [0.5, 0.6) is 0 Å². The van der Waals surface area contributed by atoms with Gasteiger partial charge in [0.1, 0.15) is 4.60 Å². The highest BCUT2D eigenvalue weighted by atomic mass is 79.9. The van der Waals surface area contributed by atoms with Crippen molar-refractivity contribution in [3.8, 4) is 0 Å². The maximum atomic E-state index is 10.1. The number of halogens is 1. The number of aromatic nitrogens is 1. The quantitative estimate of drug-likeness (QED) is 0.786. The Bertz CT molecular complexity index is 487. The first-order valence-corrected chi connectivity index (χ1v) is 7.89. The van der Waals surface area contributed by atoms with Crippen LogP contribution in [-0.2, 0) is 6.42 Å². The van der Waals surface area contributed by atoms with E-state index in [1.54, 1.807) is 6.20 Å². The largest absolute Gasteiger partial charge is 0.388 e. The molecule has 20 heavy (non-hydrogen) atoms. The molecule has 1 unspecified atom stereocenters. The van der Waals surface area contributed by atoms with Gasteiger partial charge in [0.2, 0.25) is 0 Å². The molecular weight excluding hydrogens is 314 g/mol. The van der Waals surface area contributed by atoms with Gasteiger partial charge in [-0.25, -0.2) is 4.98 Å². The SMILES string of the molecule is CC.OC(CCCc1ccccc1)c1cccnc1Br. The highest BCUT2D eigenvalue weighted by Crippen LogP contribution is 2.24. The van der Waals surface area contributed by atoms with Crippen LogP contribution in [0, 0.1) is 0 Å². The first kappa shape index (κ1) is 16.9. The molecule has 0 aliphatic rings. The molecule has 0 radical (unpaired) electrons. The molecule has 1 N–H and O–H groups in total. The van der Waals surface area contributed by atoms with Gasteiger partial charge < -0.3 is 5.11 Å². The van der Waals surface area contributed by atoms with Crippen molar-refractivity contribution in [2.24, 2.45) is 0 Å². The van der Waals surface area contributed by atoms with Gasteiger partial charge in [-0.2, -0.15) is 0 Å². The van der Waals surface area contributed by atoms with Gasteiger partial charge in [0.05, 0.1) is 6.10 Å². The van der Waals surface area contributed by atoms with Crippen LogP contribution >= 0.6 is 15.9 Å². The summed E-state index contributed by atoms with van der Waals surface area (Å²) in [6.45, 7) is 4.00. The highest BCUT2D eigenvalue weighted by molar-refractivity contribution is 9.10. The molecule has 108 valence electrons. The predicted molar refractivity (Wildman–Crippen MR) is 87.6 cm³/mol. The van der Waals surface area contributed by atoms with Crippen LogP contribution in [0.4, 0.5) is 0 Å². The Hall–Kier alpha value is -1.19. The zero-order chi connectivity index (χ0) is 14.8. The molecule has 2 nitrogen and oxygen atoms in total. The fraction of sp³-hybridized carbons (Fsp3) is 0.353. The number of benzene rings is 1. The first-order chi connectivity index (χ1) is 9.77. The van der Waals surface area contributed by atoms with Crippen LogP contribution in [0.1, 0.15) is 43.9 Å². The lowest BCUT2D eigenvalue weighted by Crippen LogP contribution is -2.00. The third kappa shape index (κ3) is 5.43. The normalized spacial score (nSPS) is 11.4. The fourth-order valence-electron chi connectivity index (χ4n) is 1.95. The van der Waals surface area contributed by atoms with Crippen LogP contribution in [0.3, 0.4) is 0 Å². The van der Waals surface area contributed by atoms with Crippen molar-refractivity contribution in [2.75, 3.05) is 0 Å². The van der Waals surface area contributed by atoms with Crippen molar-refractivity contribution in [2.45, 2.75) is 39.2 Å². The summed E-state index contributed by atoms with van der Waals surface area (Å²) in [5.41, 5.74) is 2.18. The average molecular weight is 336 g/mol. The maximum Gasteiger partial charge on any atom is 0.111 e. The van der Waals surface area contributed by atoms with E-state index < -0.39 is 6.10 Å². The molecule has 0 saturated carbocycles. The summed E-state index contributed by atoms with van der Waals surface area (Å²) in [6.07, 6.45) is 3.97. The number of pyridine rings is 1. The van der Waals surface area contributed by atoms with Crippen molar-refractivity contribution in [3.05, 3.63) is 64.4 Å². The van der Waals surface area contributed by atoms with E-state index in [9.17, 15) is 5.11 Å². The molecule has 1 heterocycles. The Morgan fingerprint density at radius 1 is 1.10 bits per heavy atom. The van der Waals surface area contributed by atoms with Gasteiger partial charge in [0.15, 0.2) is 0 Å². The van der Waals surface area contributed by atoms with Crippen molar-refractivity contribution in [1.82, 2.24) is 4.98 Å². The molecule has 1 aromatic heterocycles. The first-order valence-electron chi connectivity index (χ1n) is 7.10. The van der Waals surface area contributed by atoms with Gasteiger partial charge in [-0.15, -0.1) is 0 Å². The number of aliphatic hydroxyl groups is 1. The van der Waals surface area contributed by atoms with Gasteiger partial charge in [-0.1, -0.05) is 50.2 Å². The van der Waals surface area contributed by atoms with Gasteiger partial charge in [-0.05, 0) is 46.8 Å². The number of aryl methyl sites for hydroxylation is 1. The summed E-state index contributed by atoms with van der Waals surface area (Å²) in [6, 6.07) is 14.1. The van der Waals surface area contributed by atoms with Crippen LogP contribution < -0.4 is 0 Å². The van der Waals surface area contributed by atoms with Gasteiger partial charge >= 0.3 is 0 Å². The fourth-order valence-corrected chi connectivity index (χ4v) is 2.46. The van der Waals surface area contributed by atoms with E-state index in [2.05, 4.69) is 33.0 Å². The summed E-state index contributed by atoms with van der Waals surface area (Å²) in [5.74, 6) is 0. The topological polar surface area (TPSA) is 33.1 Å². The third-order valence-corrected chi connectivity index (χ3v) is 3.60. The predicted octanol–water partition coefficient (Wildman–Crippen LogP) is 4.93. The Morgan fingerprint density at radius 3 is 2.45 bits per heavy atom. The lowest BCUT2D eigenvalue weighted by atomic mass is 10.0. The van der Waals surface area contributed by atoms with E-state index >= 15 is 0 Å². The number of hydrogen-bond acceptors (Lipinski definition) is 2. The molecule has 3 heteroatoms. The van der Waals surface area contributed by atoms with Crippen molar-refractivity contribution in [1.29, 1.82) is 0 Å². The zero-order valence-electron chi connectivity index (χ0n) is 12.1. The summed E-state index contributed by atoms with van der Waals surface area (Å²) < 4.78 is 0.734. The van der Waals surface area contributed by atoms with E-state index in [4.69, 9.17) is 0 Å². The summed E-state index contributed by atoms with van der Waals surface area (Å²) in [7, 11) is 0. The second-order valence-corrected chi connectivity index (χ2v) is 5.03. The number of aliphatic hydroxyl groups excluding tert-OH is 1. The molecule has 0 aliphatic heterocycles. The van der Waals surface area contributed by atoms with Crippen LogP contribution in [0.25, 0.3) is 0 Å². The Kier molecular flexibility index (Phi) is 8.16. The zero-order valence-corrected chi connectivity index (χ0v) is 13.7. The Morgan fingerprint density at radius 2 is 1.80 bits per heavy atom. The van der Waals surface area contributed by atoms with E-state index in [0.717, 1.165) is 29.4 Å². The van der Waals surface area contributed by atoms with Crippen LogP contribution in [-0.4, -0.2) is 10.1 Å². The summed E-state index contributed by atoms with van der Waals surface area (Å²) >= 11 is 3.36. The van der Waals surface area contributed by atoms with Crippen LogP contribution in [0.15, 0.2) is 53.3 Å². The molecule has 0 bridgehead atoms. The van der Waals surface area contributed by atoms with Crippen molar-refractivity contribution < 1.29 is 5.11 Å². The minimum Gasteiger partial charge on any atom is -0.388 e. The third-order valence-electron chi connectivity index (χ3n) is 2.93. The van der Waals surface area contributed by atoms with Gasteiger partial charge in [0.25, 0.3) is 0 Å². The second-order valence-electron chi connectivity index (χ2n) is 4.28. The Labute approximate surface area is 130 Å². The maximum absolute atomic E-state index is 10.1. The molecule has 0 fully saturated rings. The minimum absolute atomic E-state index is 0.447. The molecular formula is C17H22BrNO. The van der Waals surface area contributed by atoms with E-state index in [-0.39, 0.29) is 0 Å². The summed E-state index contributed by atoms with van der Waals surface area (Å²) in [5, 5.41) is 10.1. The monoisotopic (exact) mass is 335 g/mol. The highest BCUT2D eigenvalue weighted by Gasteiger charge is 2.11. The lowest BCUT2D eigenvalue weighted by Gasteiger charge is -2.11. The van der Waals surface area contributed by atoms with E-state index in [0.29, 0.717) is 0 Å². The van der Waals surface area contributed by atoms with E-state index in [1.807, 2.05) is 44.2 Å². The molecule has 1 aromatic carbocycles. The molecule has 2 aromatic rings. The standard InChI is InChI=1S/C15H16BrNO.C2H6/c16-15-13(9-5-11-17-15)14(18)10-4-8-12-6-2-1-3-7-12;1-2/h1-3,5-7,9,11,14,18H,4,8,10H2;1-2H3. The van der Waals surface area contributed by atoms with E-state index in [1.165, 1.54) is 5.56 Å². The summed E-state index contributed by atoms with van der Waals surface area (Å²) in [4.78, 5) is 4.12. The molecule has 1 atom stereocenters. The lowest BCUT2D eigenvalue weighted by molar-refractivity contribution is 0.163. The number of nitrogens with zero attached hydrogens (tertiary/aromatic N) is 1. The number of rotatable bonds is 5. The molecule has 2 rings (SSSR count). The van der Waals surface area contributed by atoms with Crippen molar-refractivity contribution >= 4 is 15.9 Å². The van der Waals surface area contributed by atoms with Crippen LogP contribution in [0.2, 0.25) is 0 Å². The van der Waals surface area contributed by atoms with Crippen molar-refractivity contribution in [3.63, 3.8) is 0 Å². The Balaban J connectivity index is 0.000000956. The minimum atomic E-state index is -0.447. The smallest absolute Gasteiger partial charge is 0.111 e. The molecule has 0 aliphatic carbocycles. The van der Waals surface area contributed by atoms with Gasteiger partial charge in [-0.3, -0.25) is 0 Å². The number of hydrogen-bond donors (Lipinski definition) is 1. The average Bonchev–Trinajstić information content (AvgIpc) is 2.51. The molecule has 0 amide bonds.